The van der Waals surface area contributed by atoms with Crippen molar-refractivity contribution >= 4 is 5.91 Å². The first-order valence-corrected chi connectivity index (χ1v) is 8.94. The van der Waals surface area contributed by atoms with Gasteiger partial charge in [0.15, 0.2) is 0 Å². The Morgan fingerprint density at radius 2 is 1.81 bits per heavy atom. The molecule has 0 aliphatic carbocycles. The van der Waals surface area contributed by atoms with Crippen LogP contribution in [-0.4, -0.2) is 61.0 Å². The normalized spacial score (nSPS) is 23.2. The first-order chi connectivity index (χ1) is 10.2. The van der Waals surface area contributed by atoms with Crippen molar-refractivity contribution in [3.05, 3.63) is 0 Å². The molecular weight excluding hydrogens is 262 g/mol. The molecule has 4 nitrogen and oxygen atoms in total. The van der Waals surface area contributed by atoms with Gasteiger partial charge in [-0.15, -0.1) is 0 Å². The zero-order valence-electron chi connectivity index (χ0n) is 13.9. The molecule has 122 valence electrons. The van der Waals surface area contributed by atoms with Crippen molar-refractivity contribution in [3.63, 3.8) is 0 Å². The average Bonchev–Trinajstić information content (AvgIpc) is 2.54. The Labute approximate surface area is 130 Å². The van der Waals surface area contributed by atoms with Gasteiger partial charge in [0, 0.05) is 19.1 Å². The molecule has 1 unspecified atom stereocenters. The van der Waals surface area contributed by atoms with Gasteiger partial charge in [0.05, 0.1) is 6.54 Å². The lowest BCUT2D eigenvalue weighted by molar-refractivity contribution is -0.133. The molecule has 1 amide bonds. The molecule has 0 saturated carbocycles. The summed E-state index contributed by atoms with van der Waals surface area (Å²) in [5.74, 6) is 1.13. The largest absolute Gasteiger partial charge is 0.342 e. The molecule has 2 fully saturated rings. The fourth-order valence-electron chi connectivity index (χ4n) is 3.58. The Kier molecular flexibility index (Phi) is 6.97. The minimum atomic E-state index is 0.352. The molecule has 0 spiro atoms. The van der Waals surface area contributed by atoms with Crippen LogP contribution in [-0.2, 0) is 4.79 Å². The van der Waals surface area contributed by atoms with Gasteiger partial charge in [-0.2, -0.15) is 0 Å². The number of piperidine rings is 2. The average molecular weight is 295 g/mol. The van der Waals surface area contributed by atoms with Crippen molar-refractivity contribution in [1.82, 2.24) is 15.1 Å². The Bertz CT molecular complexity index is 307. The number of nitrogens with zero attached hydrogens (tertiary/aromatic N) is 2. The third-order valence-corrected chi connectivity index (χ3v) is 5.12. The monoisotopic (exact) mass is 295 g/mol. The number of nitrogens with one attached hydrogen (secondary N) is 1. The first-order valence-electron chi connectivity index (χ1n) is 8.94. The summed E-state index contributed by atoms with van der Waals surface area (Å²) in [5, 5.41) is 3.62. The highest BCUT2D eigenvalue weighted by molar-refractivity contribution is 5.78. The molecule has 0 bridgehead atoms. The van der Waals surface area contributed by atoms with Gasteiger partial charge in [-0.1, -0.05) is 6.92 Å². The number of amides is 1. The van der Waals surface area contributed by atoms with Crippen molar-refractivity contribution < 1.29 is 4.79 Å². The van der Waals surface area contributed by atoms with Crippen molar-refractivity contribution in [2.75, 3.05) is 39.3 Å². The number of carbonyl (C=O) groups is 1. The van der Waals surface area contributed by atoms with Crippen LogP contribution in [0.4, 0.5) is 0 Å². The highest BCUT2D eigenvalue weighted by Crippen LogP contribution is 2.21. The molecule has 2 aliphatic rings. The SMILES string of the molecule is CCCNC(C)C1CCN(CC(=O)N2CCCCC2)CC1. The molecule has 2 saturated heterocycles. The van der Waals surface area contributed by atoms with Gasteiger partial charge in [-0.25, -0.2) is 0 Å². The van der Waals surface area contributed by atoms with Crippen LogP contribution in [0, 0.1) is 5.92 Å². The van der Waals surface area contributed by atoms with Gasteiger partial charge in [0.25, 0.3) is 0 Å². The van der Waals surface area contributed by atoms with Crippen molar-refractivity contribution in [3.8, 4) is 0 Å². The number of likely N-dealkylation sites (tertiary alicyclic amines) is 2. The Morgan fingerprint density at radius 3 is 2.43 bits per heavy atom. The lowest BCUT2D eigenvalue weighted by Gasteiger charge is -2.36. The smallest absolute Gasteiger partial charge is 0.236 e. The molecular formula is C17H33N3O. The first kappa shape index (κ1) is 16.8. The second-order valence-corrected chi connectivity index (χ2v) is 6.80. The Morgan fingerprint density at radius 1 is 1.14 bits per heavy atom. The van der Waals surface area contributed by atoms with Gasteiger partial charge in [-0.05, 0) is 71.0 Å². The summed E-state index contributed by atoms with van der Waals surface area (Å²) in [4.78, 5) is 16.7. The lowest BCUT2D eigenvalue weighted by atomic mass is 9.90. The second kappa shape index (κ2) is 8.74. The van der Waals surface area contributed by atoms with Crippen LogP contribution in [0.25, 0.3) is 0 Å². The zero-order chi connectivity index (χ0) is 15.1. The maximum Gasteiger partial charge on any atom is 0.236 e. The minimum absolute atomic E-state index is 0.352. The molecule has 1 atom stereocenters. The lowest BCUT2D eigenvalue weighted by Crippen LogP contribution is -2.47. The number of rotatable bonds is 6. The van der Waals surface area contributed by atoms with E-state index in [0.29, 0.717) is 18.5 Å². The molecule has 2 heterocycles. The summed E-state index contributed by atoms with van der Waals surface area (Å²) in [7, 11) is 0. The molecule has 4 heteroatoms. The van der Waals surface area contributed by atoms with Crippen LogP contribution >= 0.6 is 0 Å². The minimum Gasteiger partial charge on any atom is -0.342 e. The summed E-state index contributed by atoms with van der Waals surface area (Å²) < 4.78 is 0. The standard InChI is InChI=1S/C17H33N3O/c1-3-9-18-15(2)16-7-12-19(13-8-16)14-17(21)20-10-5-4-6-11-20/h15-16,18H,3-14H2,1-2H3. The maximum absolute atomic E-state index is 12.3. The van der Waals surface area contributed by atoms with Crippen LogP contribution in [0.5, 0.6) is 0 Å². The summed E-state index contributed by atoms with van der Waals surface area (Å²) >= 11 is 0. The molecule has 2 aliphatic heterocycles. The van der Waals surface area contributed by atoms with Crippen LogP contribution in [0.3, 0.4) is 0 Å². The second-order valence-electron chi connectivity index (χ2n) is 6.80. The summed E-state index contributed by atoms with van der Waals surface area (Å²) in [6.07, 6.45) is 7.32. The Hall–Kier alpha value is -0.610. The van der Waals surface area contributed by atoms with E-state index in [4.69, 9.17) is 0 Å². The van der Waals surface area contributed by atoms with E-state index in [1.165, 1.54) is 38.5 Å². The third-order valence-electron chi connectivity index (χ3n) is 5.12. The van der Waals surface area contributed by atoms with E-state index in [2.05, 4.69) is 29.0 Å². The van der Waals surface area contributed by atoms with E-state index in [0.717, 1.165) is 38.6 Å². The quantitative estimate of drug-likeness (QED) is 0.815. The molecule has 2 rings (SSSR count). The molecule has 0 aromatic carbocycles. The van der Waals surface area contributed by atoms with E-state index >= 15 is 0 Å². The third kappa shape index (κ3) is 5.26. The molecule has 1 N–H and O–H groups in total. The fourth-order valence-corrected chi connectivity index (χ4v) is 3.58. The highest BCUT2D eigenvalue weighted by atomic mass is 16.2. The molecule has 21 heavy (non-hydrogen) atoms. The van der Waals surface area contributed by atoms with Crippen molar-refractivity contribution in [2.45, 2.75) is 58.4 Å². The van der Waals surface area contributed by atoms with Crippen molar-refractivity contribution in [2.24, 2.45) is 5.92 Å². The maximum atomic E-state index is 12.3. The van der Waals surface area contributed by atoms with E-state index in [1.54, 1.807) is 0 Å². The van der Waals surface area contributed by atoms with Gasteiger partial charge in [-0.3, -0.25) is 9.69 Å². The van der Waals surface area contributed by atoms with Gasteiger partial charge in [0.2, 0.25) is 5.91 Å². The molecule has 0 radical (unpaired) electrons. The number of hydrogen-bond donors (Lipinski definition) is 1. The molecule has 0 aromatic heterocycles. The molecule has 0 aromatic rings. The summed E-state index contributed by atoms with van der Waals surface area (Å²) in [6, 6.07) is 0.616. The zero-order valence-corrected chi connectivity index (χ0v) is 13.9. The van der Waals surface area contributed by atoms with E-state index in [1.807, 2.05) is 0 Å². The van der Waals surface area contributed by atoms with Crippen LogP contribution in [0.1, 0.15) is 52.4 Å². The van der Waals surface area contributed by atoms with Crippen molar-refractivity contribution in [1.29, 1.82) is 0 Å². The highest BCUT2D eigenvalue weighted by Gasteiger charge is 2.26. The van der Waals surface area contributed by atoms with Crippen LogP contribution in [0.2, 0.25) is 0 Å². The van der Waals surface area contributed by atoms with Crippen LogP contribution < -0.4 is 5.32 Å². The predicted octanol–water partition coefficient (Wildman–Crippen LogP) is 2.10. The number of hydrogen-bond acceptors (Lipinski definition) is 3. The Balaban J connectivity index is 1.67. The predicted molar refractivity (Wildman–Crippen MR) is 87.4 cm³/mol. The van der Waals surface area contributed by atoms with E-state index < -0.39 is 0 Å². The fraction of sp³-hybridized carbons (Fsp3) is 0.941. The summed E-state index contributed by atoms with van der Waals surface area (Å²) in [6.45, 7) is 10.4. The van der Waals surface area contributed by atoms with E-state index in [9.17, 15) is 4.79 Å². The topological polar surface area (TPSA) is 35.6 Å². The summed E-state index contributed by atoms with van der Waals surface area (Å²) in [5.41, 5.74) is 0. The van der Waals surface area contributed by atoms with Crippen LogP contribution in [0.15, 0.2) is 0 Å². The van der Waals surface area contributed by atoms with Gasteiger partial charge in [0.1, 0.15) is 0 Å². The van der Waals surface area contributed by atoms with Gasteiger partial charge < -0.3 is 10.2 Å². The number of carbonyl (C=O) groups excluding carboxylic acids is 1. The van der Waals surface area contributed by atoms with Gasteiger partial charge >= 0.3 is 0 Å². The van der Waals surface area contributed by atoms with E-state index in [-0.39, 0.29) is 0 Å².